The molecule has 0 radical (unpaired) electrons. The summed E-state index contributed by atoms with van der Waals surface area (Å²) >= 11 is 0. The molecule has 0 bridgehead atoms. The fraction of sp³-hybridized carbons (Fsp3) is 0. The van der Waals surface area contributed by atoms with Crippen LogP contribution in [0, 0.1) is 5.82 Å². The van der Waals surface area contributed by atoms with Gasteiger partial charge in [-0.25, -0.2) is 4.39 Å². The average molecular weight is 149 g/mol. The summed E-state index contributed by atoms with van der Waals surface area (Å²) in [5, 5.41) is 0. The molecule has 0 atom stereocenters. The standard InChI is InChI=1S/C9H8FN/c1-3-7-5-11-6-9(10)8(7)4-2/h3-6H,1-2H2. The van der Waals surface area contributed by atoms with Gasteiger partial charge in [0.15, 0.2) is 0 Å². The molecule has 0 fully saturated rings. The number of nitrogens with zero attached hydrogens (tertiary/aromatic N) is 1. The van der Waals surface area contributed by atoms with E-state index >= 15 is 0 Å². The second-order valence-electron chi connectivity index (χ2n) is 2.03. The largest absolute Gasteiger partial charge is 0.261 e. The van der Waals surface area contributed by atoms with Gasteiger partial charge in [-0.05, 0) is 0 Å². The summed E-state index contributed by atoms with van der Waals surface area (Å²) in [6.07, 6.45) is 5.71. The van der Waals surface area contributed by atoms with Crippen molar-refractivity contribution in [3.63, 3.8) is 0 Å². The number of halogens is 1. The van der Waals surface area contributed by atoms with Gasteiger partial charge in [-0.1, -0.05) is 25.3 Å². The first kappa shape index (κ1) is 7.66. The fourth-order valence-corrected chi connectivity index (χ4v) is 0.838. The third kappa shape index (κ3) is 1.34. The highest BCUT2D eigenvalue weighted by molar-refractivity contribution is 5.62. The molecule has 1 aromatic heterocycles. The summed E-state index contributed by atoms with van der Waals surface area (Å²) in [5.74, 6) is -0.364. The third-order valence-corrected chi connectivity index (χ3v) is 1.39. The number of hydrogen-bond acceptors (Lipinski definition) is 1. The molecule has 0 saturated heterocycles. The normalized spacial score (nSPS) is 9.18. The number of pyridine rings is 1. The smallest absolute Gasteiger partial charge is 0.149 e. The Morgan fingerprint density at radius 3 is 2.45 bits per heavy atom. The van der Waals surface area contributed by atoms with Gasteiger partial charge in [0, 0.05) is 17.3 Å². The summed E-state index contributed by atoms with van der Waals surface area (Å²) in [6, 6.07) is 0. The second kappa shape index (κ2) is 3.10. The molecule has 0 amide bonds. The van der Waals surface area contributed by atoms with Crippen LogP contribution in [-0.4, -0.2) is 4.98 Å². The van der Waals surface area contributed by atoms with Crippen molar-refractivity contribution in [1.82, 2.24) is 4.98 Å². The molecule has 1 nitrogen and oxygen atoms in total. The zero-order valence-corrected chi connectivity index (χ0v) is 6.05. The van der Waals surface area contributed by atoms with E-state index < -0.39 is 0 Å². The van der Waals surface area contributed by atoms with Crippen LogP contribution in [0.3, 0.4) is 0 Å². The Morgan fingerprint density at radius 1 is 1.27 bits per heavy atom. The van der Waals surface area contributed by atoms with Gasteiger partial charge in [0.2, 0.25) is 0 Å². The van der Waals surface area contributed by atoms with Gasteiger partial charge in [-0.15, -0.1) is 0 Å². The molecule has 0 aromatic carbocycles. The molecule has 0 aliphatic rings. The number of hydrogen-bond donors (Lipinski definition) is 0. The molecule has 11 heavy (non-hydrogen) atoms. The summed E-state index contributed by atoms with van der Waals surface area (Å²) < 4.78 is 12.9. The van der Waals surface area contributed by atoms with Crippen LogP contribution in [-0.2, 0) is 0 Å². The van der Waals surface area contributed by atoms with E-state index in [4.69, 9.17) is 0 Å². The van der Waals surface area contributed by atoms with Crippen molar-refractivity contribution in [2.45, 2.75) is 0 Å². The van der Waals surface area contributed by atoms with Gasteiger partial charge in [-0.3, -0.25) is 4.98 Å². The lowest BCUT2D eigenvalue weighted by Crippen LogP contribution is -1.88. The maximum atomic E-state index is 12.9. The van der Waals surface area contributed by atoms with Gasteiger partial charge in [0.05, 0.1) is 6.20 Å². The van der Waals surface area contributed by atoms with E-state index in [1.165, 1.54) is 6.08 Å². The Bertz CT molecular complexity index is 292. The zero-order chi connectivity index (χ0) is 8.27. The highest BCUT2D eigenvalue weighted by atomic mass is 19.1. The van der Waals surface area contributed by atoms with Crippen molar-refractivity contribution >= 4 is 12.2 Å². The Hall–Kier alpha value is -1.44. The van der Waals surface area contributed by atoms with Gasteiger partial charge in [0.25, 0.3) is 0 Å². The zero-order valence-electron chi connectivity index (χ0n) is 6.05. The van der Waals surface area contributed by atoms with Crippen LogP contribution >= 0.6 is 0 Å². The second-order valence-corrected chi connectivity index (χ2v) is 2.03. The maximum Gasteiger partial charge on any atom is 0.149 e. The molecule has 1 rings (SSSR count). The highest BCUT2D eigenvalue weighted by Gasteiger charge is 2.01. The molecule has 1 aromatic rings. The van der Waals surface area contributed by atoms with Crippen molar-refractivity contribution in [2.24, 2.45) is 0 Å². The molecule has 0 saturated carbocycles. The van der Waals surface area contributed by atoms with E-state index in [2.05, 4.69) is 18.1 Å². The van der Waals surface area contributed by atoms with Gasteiger partial charge < -0.3 is 0 Å². The van der Waals surface area contributed by atoms with Gasteiger partial charge >= 0.3 is 0 Å². The molecule has 0 aliphatic carbocycles. The third-order valence-electron chi connectivity index (χ3n) is 1.39. The van der Waals surface area contributed by atoms with Gasteiger partial charge in [-0.2, -0.15) is 0 Å². The highest BCUT2D eigenvalue weighted by Crippen LogP contribution is 2.13. The molecule has 0 N–H and O–H groups in total. The minimum Gasteiger partial charge on any atom is -0.261 e. The van der Waals surface area contributed by atoms with E-state index in [-0.39, 0.29) is 5.82 Å². The molecule has 0 unspecified atom stereocenters. The SMILES string of the molecule is C=Cc1cncc(F)c1C=C. The number of aromatic nitrogens is 1. The minimum atomic E-state index is -0.364. The van der Waals surface area contributed by atoms with Crippen LogP contribution in [0.25, 0.3) is 12.2 Å². The van der Waals surface area contributed by atoms with Crippen molar-refractivity contribution in [3.8, 4) is 0 Å². The Labute approximate surface area is 64.9 Å². The van der Waals surface area contributed by atoms with Crippen molar-refractivity contribution in [3.05, 3.63) is 42.5 Å². The molecule has 2 heteroatoms. The quantitative estimate of drug-likeness (QED) is 0.629. The Morgan fingerprint density at radius 2 is 2.00 bits per heavy atom. The number of rotatable bonds is 2. The molecule has 1 heterocycles. The van der Waals surface area contributed by atoms with Crippen LogP contribution in [0.15, 0.2) is 25.6 Å². The van der Waals surface area contributed by atoms with Crippen molar-refractivity contribution in [1.29, 1.82) is 0 Å². The predicted molar refractivity (Wildman–Crippen MR) is 44.4 cm³/mol. The first-order valence-corrected chi connectivity index (χ1v) is 3.18. The lowest BCUT2D eigenvalue weighted by atomic mass is 10.1. The molecular formula is C9H8FN. The van der Waals surface area contributed by atoms with Crippen LogP contribution in [0.1, 0.15) is 11.1 Å². The van der Waals surface area contributed by atoms with Crippen LogP contribution in [0.5, 0.6) is 0 Å². The van der Waals surface area contributed by atoms with Crippen LogP contribution in [0.4, 0.5) is 4.39 Å². The van der Waals surface area contributed by atoms with Crippen molar-refractivity contribution in [2.75, 3.05) is 0 Å². The molecule has 0 spiro atoms. The fourth-order valence-electron chi connectivity index (χ4n) is 0.838. The monoisotopic (exact) mass is 149 g/mol. The average Bonchev–Trinajstić information content (AvgIpc) is 2.04. The Balaban J connectivity index is 3.35. The van der Waals surface area contributed by atoms with Gasteiger partial charge in [0.1, 0.15) is 5.82 Å². The summed E-state index contributed by atoms with van der Waals surface area (Å²) in [7, 11) is 0. The minimum absolute atomic E-state index is 0.364. The van der Waals surface area contributed by atoms with Crippen LogP contribution < -0.4 is 0 Å². The molecule has 0 aliphatic heterocycles. The van der Waals surface area contributed by atoms with E-state index in [1.54, 1.807) is 12.3 Å². The maximum absolute atomic E-state index is 12.9. The lowest BCUT2D eigenvalue weighted by Gasteiger charge is -1.99. The first-order chi connectivity index (χ1) is 5.29. The molecular weight excluding hydrogens is 141 g/mol. The van der Waals surface area contributed by atoms with Crippen molar-refractivity contribution < 1.29 is 4.39 Å². The lowest BCUT2D eigenvalue weighted by molar-refractivity contribution is 0.618. The topological polar surface area (TPSA) is 12.9 Å². The van der Waals surface area contributed by atoms with E-state index in [9.17, 15) is 4.39 Å². The Kier molecular flexibility index (Phi) is 2.16. The first-order valence-electron chi connectivity index (χ1n) is 3.18. The summed E-state index contributed by atoms with van der Waals surface area (Å²) in [6.45, 7) is 7.01. The van der Waals surface area contributed by atoms with E-state index in [0.717, 1.165) is 6.20 Å². The van der Waals surface area contributed by atoms with E-state index in [1.807, 2.05) is 0 Å². The van der Waals surface area contributed by atoms with Crippen LogP contribution in [0.2, 0.25) is 0 Å². The summed E-state index contributed by atoms with van der Waals surface area (Å²) in [5.41, 5.74) is 1.12. The predicted octanol–water partition coefficient (Wildman–Crippen LogP) is 2.51. The molecule has 56 valence electrons. The van der Waals surface area contributed by atoms with E-state index in [0.29, 0.717) is 11.1 Å². The summed E-state index contributed by atoms with van der Waals surface area (Å²) in [4.78, 5) is 3.67.